The number of pyridine rings is 1. The second kappa shape index (κ2) is 6.79. The van der Waals surface area contributed by atoms with Gasteiger partial charge in [-0.1, -0.05) is 13.8 Å². The molecule has 20 heavy (non-hydrogen) atoms. The predicted molar refractivity (Wildman–Crippen MR) is 85.0 cm³/mol. The summed E-state index contributed by atoms with van der Waals surface area (Å²) in [4.78, 5) is 15.2. The third kappa shape index (κ3) is 4.00. The molecule has 0 saturated heterocycles. The Bertz CT molecular complexity index is 557. The van der Waals surface area contributed by atoms with Crippen LogP contribution in [0.5, 0.6) is 0 Å². The molecule has 4 nitrogen and oxygen atoms in total. The number of halogens is 1. The molecule has 0 fully saturated rings. The molecule has 106 valence electrons. The van der Waals surface area contributed by atoms with E-state index in [1.54, 1.807) is 0 Å². The van der Waals surface area contributed by atoms with Crippen LogP contribution >= 0.6 is 15.9 Å². The van der Waals surface area contributed by atoms with Crippen molar-refractivity contribution in [2.24, 2.45) is 0 Å². The van der Waals surface area contributed by atoms with Crippen molar-refractivity contribution in [3.05, 3.63) is 46.6 Å². The van der Waals surface area contributed by atoms with Gasteiger partial charge in [-0.15, -0.1) is 0 Å². The molecule has 0 aliphatic carbocycles. The Morgan fingerprint density at radius 1 is 1.20 bits per heavy atom. The minimum absolute atomic E-state index is 0.319. The number of hydrogen-bond acceptors (Lipinski definition) is 4. The van der Waals surface area contributed by atoms with Gasteiger partial charge in [0.1, 0.15) is 16.2 Å². The zero-order valence-electron chi connectivity index (χ0n) is 12.0. The van der Waals surface area contributed by atoms with Gasteiger partial charge in [-0.05, 0) is 40.0 Å². The number of aromatic nitrogens is 3. The summed E-state index contributed by atoms with van der Waals surface area (Å²) in [5, 5.41) is 0. The Hall–Kier alpha value is -1.49. The molecular weight excluding hydrogens is 316 g/mol. The lowest BCUT2D eigenvalue weighted by atomic mass is 10.2. The SMILES string of the molecule is CC(C)c1nc(Br)cc(N(C)CCc2ccncc2)n1. The number of nitrogens with zero attached hydrogens (tertiary/aromatic N) is 4. The first-order valence-electron chi connectivity index (χ1n) is 6.71. The number of likely N-dealkylation sites (N-methyl/N-ethyl adjacent to an activating group) is 1. The summed E-state index contributed by atoms with van der Waals surface area (Å²) in [7, 11) is 2.06. The van der Waals surface area contributed by atoms with Crippen LogP contribution in [0.3, 0.4) is 0 Å². The van der Waals surface area contributed by atoms with E-state index in [4.69, 9.17) is 0 Å². The highest BCUT2D eigenvalue weighted by molar-refractivity contribution is 9.10. The van der Waals surface area contributed by atoms with Gasteiger partial charge in [-0.25, -0.2) is 9.97 Å². The summed E-state index contributed by atoms with van der Waals surface area (Å²) in [6.07, 6.45) is 4.62. The summed E-state index contributed by atoms with van der Waals surface area (Å²) in [6.45, 7) is 5.11. The molecule has 5 heteroatoms. The van der Waals surface area contributed by atoms with E-state index >= 15 is 0 Å². The Kier molecular flexibility index (Phi) is 5.06. The molecule has 0 N–H and O–H groups in total. The monoisotopic (exact) mass is 334 g/mol. The fourth-order valence-corrected chi connectivity index (χ4v) is 2.22. The van der Waals surface area contributed by atoms with E-state index in [1.807, 2.05) is 30.6 Å². The third-order valence-electron chi connectivity index (χ3n) is 3.09. The largest absolute Gasteiger partial charge is 0.359 e. The number of anilines is 1. The van der Waals surface area contributed by atoms with Crippen LogP contribution in [0.25, 0.3) is 0 Å². The minimum atomic E-state index is 0.319. The van der Waals surface area contributed by atoms with E-state index in [9.17, 15) is 0 Å². The highest BCUT2D eigenvalue weighted by Crippen LogP contribution is 2.19. The van der Waals surface area contributed by atoms with Crippen molar-refractivity contribution in [1.82, 2.24) is 15.0 Å². The van der Waals surface area contributed by atoms with Crippen LogP contribution in [0.2, 0.25) is 0 Å². The van der Waals surface area contributed by atoms with Gasteiger partial charge in [0.05, 0.1) is 0 Å². The van der Waals surface area contributed by atoms with Crippen molar-refractivity contribution in [3.8, 4) is 0 Å². The molecule has 0 bridgehead atoms. The van der Waals surface area contributed by atoms with Gasteiger partial charge >= 0.3 is 0 Å². The van der Waals surface area contributed by atoms with Gasteiger partial charge in [0, 0.05) is 38.0 Å². The topological polar surface area (TPSA) is 41.9 Å². The van der Waals surface area contributed by atoms with E-state index in [2.05, 4.69) is 56.7 Å². The summed E-state index contributed by atoms with van der Waals surface area (Å²) in [6, 6.07) is 6.05. The summed E-state index contributed by atoms with van der Waals surface area (Å²) >= 11 is 3.46. The van der Waals surface area contributed by atoms with E-state index in [1.165, 1.54) is 5.56 Å². The molecule has 0 radical (unpaired) electrons. The predicted octanol–water partition coefficient (Wildman–Crippen LogP) is 3.44. The molecule has 0 spiro atoms. The summed E-state index contributed by atoms with van der Waals surface area (Å²) in [5.74, 6) is 2.13. The fraction of sp³-hybridized carbons (Fsp3) is 0.400. The van der Waals surface area contributed by atoms with Crippen LogP contribution in [0.15, 0.2) is 35.2 Å². The second-order valence-electron chi connectivity index (χ2n) is 5.09. The quantitative estimate of drug-likeness (QED) is 0.785. The van der Waals surface area contributed by atoms with Gasteiger partial charge < -0.3 is 4.90 Å². The minimum Gasteiger partial charge on any atom is -0.359 e. The van der Waals surface area contributed by atoms with Crippen molar-refractivity contribution >= 4 is 21.7 Å². The highest BCUT2D eigenvalue weighted by Gasteiger charge is 2.10. The third-order valence-corrected chi connectivity index (χ3v) is 3.50. The molecule has 2 aromatic heterocycles. The Labute approximate surface area is 128 Å². The van der Waals surface area contributed by atoms with Crippen molar-refractivity contribution in [3.63, 3.8) is 0 Å². The molecule has 0 saturated carbocycles. The Balaban J connectivity index is 2.07. The molecule has 0 aromatic carbocycles. The van der Waals surface area contributed by atoms with E-state index < -0.39 is 0 Å². The molecule has 0 atom stereocenters. The average molecular weight is 335 g/mol. The van der Waals surface area contributed by atoms with Crippen LogP contribution in [0, 0.1) is 0 Å². The number of hydrogen-bond donors (Lipinski definition) is 0. The first kappa shape index (κ1) is 14.9. The van der Waals surface area contributed by atoms with Crippen molar-refractivity contribution in [1.29, 1.82) is 0 Å². The zero-order valence-corrected chi connectivity index (χ0v) is 13.6. The van der Waals surface area contributed by atoms with Crippen LogP contribution in [0.4, 0.5) is 5.82 Å². The first-order chi connectivity index (χ1) is 9.56. The van der Waals surface area contributed by atoms with Crippen molar-refractivity contribution in [2.45, 2.75) is 26.2 Å². The molecule has 2 aromatic rings. The van der Waals surface area contributed by atoms with Gasteiger partial charge in [-0.3, -0.25) is 4.98 Å². The Morgan fingerprint density at radius 2 is 1.90 bits per heavy atom. The van der Waals surface area contributed by atoms with Crippen LogP contribution in [-0.2, 0) is 6.42 Å². The molecular formula is C15H19BrN4. The molecule has 2 rings (SSSR count). The smallest absolute Gasteiger partial charge is 0.134 e. The highest BCUT2D eigenvalue weighted by atomic mass is 79.9. The average Bonchev–Trinajstić information content (AvgIpc) is 2.45. The molecule has 0 aliphatic rings. The maximum Gasteiger partial charge on any atom is 0.134 e. The van der Waals surface area contributed by atoms with Gasteiger partial charge in [-0.2, -0.15) is 0 Å². The Morgan fingerprint density at radius 3 is 2.55 bits per heavy atom. The maximum atomic E-state index is 4.62. The van der Waals surface area contributed by atoms with E-state index in [-0.39, 0.29) is 0 Å². The summed E-state index contributed by atoms with van der Waals surface area (Å²) in [5.41, 5.74) is 1.28. The standard InChI is InChI=1S/C15H19BrN4/c1-11(2)15-18-13(16)10-14(19-15)20(3)9-6-12-4-7-17-8-5-12/h4-5,7-8,10-11H,6,9H2,1-3H3. The molecule has 0 unspecified atom stereocenters. The van der Waals surface area contributed by atoms with E-state index in [0.717, 1.165) is 29.2 Å². The summed E-state index contributed by atoms with van der Waals surface area (Å²) < 4.78 is 0.835. The molecule has 0 aliphatic heterocycles. The van der Waals surface area contributed by atoms with Gasteiger partial charge in [0.15, 0.2) is 0 Å². The number of rotatable bonds is 5. The van der Waals surface area contributed by atoms with Gasteiger partial charge in [0.2, 0.25) is 0 Å². The second-order valence-corrected chi connectivity index (χ2v) is 5.90. The molecule has 2 heterocycles. The maximum absolute atomic E-state index is 4.62. The van der Waals surface area contributed by atoms with Crippen LogP contribution in [0.1, 0.15) is 31.2 Å². The van der Waals surface area contributed by atoms with Crippen molar-refractivity contribution in [2.75, 3.05) is 18.5 Å². The van der Waals surface area contributed by atoms with Gasteiger partial charge in [0.25, 0.3) is 0 Å². The fourth-order valence-electron chi connectivity index (χ4n) is 1.84. The lowest BCUT2D eigenvalue weighted by Crippen LogP contribution is -2.22. The van der Waals surface area contributed by atoms with E-state index in [0.29, 0.717) is 5.92 Å². The van der Waals surface area contributed by atoms with Crippen LogP contribution < -0.4 is 4.90 Å². The van der Waals surface area contributed by atoms with Crippen LogP contribution in [-0.4, -0.2) is 28.5 Å². The zero-order chi connectivity index (χ0) is 14.5. The normalized spacial score (nSPS) is 10.8. The molecule has 0 amide bonds. The van der Waals surface area contributed by atoms with Crippen molar-refractivity contribution < 1.29 is 0 Å². The first-order valence-corrected chi connectivity index (χ1v) is 7.50. The lowest BCUT2D eigenvalue weighted by molar-refractivity contribution is 0.755. The lowest BCUT2D eigenvalue weighted by Gasteiger charge is -2.19.